The minimum absolute atomic E-state index is 0.279. The third-order valence-corrected chi connectivity index (χ3v) is 3.69. The molecular weight excluding hydrogens is 236 g/mol. The van der Waals surface area contributed by atoms with Crippen LogP contribution in [0.25, 0.3) is 0 Å². The summed E-state index contributed by atoms with van der Waals surface area (Å²) in [6.07, 6.45) is 1.30. The number of ether oxygens (including phenoxy) is 1. The molecule has 1 aromatic rings. The van der Waals surface area contributed by atoms with Crippen LogP contribution < -0.4 is 10.1 Å². The van der Waals surface area contributed by atoms with Gasteiger partial charge in [0.1, 0.15) is 11.9 Å². The van der Waals surface area contributed by atoms with Crippen LogP contribution in [-0.4, -0.2) is 44.2 Å². The number of hydrogen-bond acceptors (Lipinski definition) is 3. The molecule has 0 saturated carbocycles. The highest BCUT2D eigenvalue weighted by atomic mass is 16.5. The summed E-state index contributed by atoms with van der Waals surface area (Å²) in [5, 5.41) is 3.66. The molecule has 0 bridgehead atoms. The molecular formula is C16H26N2O. The van der Waals surface area contributed by atoms with Crippen LogP contribution in [-0.2, 0) is 6.42 Å². The molecule has 0 spiro atoms. The highest BCUT2D eigenvalue weighted by molar-refractivity contribution is 5.37. The summed E-state index contributed by atoms with van der Waals surface area (Å²) in [6, 6.07) is 8.87. The van der Waals surface area contributed by atoms with Crippen LogP contribution in [0.5, 0.6) is 5.75 Å². The maximum absolute atomic E-state index is 5.97. The zero-order valence-electron chi connectivity index (χ0n) is 12.5. The van der Waals surface area contributed by atoms with E-state index >= 15 is 0 Å². The maximum atomic E-state index is 5.97. The molecule has 1 N–H and O–H groups in total. The molecule has 106 valence electrons. The number of rotatable bonds is 6. The summed E-state index contributed by atoms with van der Waals surface area (Å²) >= 11 is 0. The number of nitrogens with zero attached hydrogens (tertiary/aromatic N) is 1. The van der Waals surface area contributed by atoms with Gasteiger partial charge in [0.05, 0.1) is 0 Å². The average molecular weight is 262 g/mol. The molecule has 0 saturated heterocycles. The lowest BCUT2D eigenvalue weighted by atomic mass is 10.0. The normalized spacial score (nSPS) is 19.6. The van der Waals surface area contributed by atoms with Crippen molar-refractivity contribution in [2.24, 2.45) is 5.92 Å². The summed E-state index contributed by atoms with van der Waals surface area (Å²) in [4.78, 5) is 2.24. The highest BCUT2D eigenvalue weighted by Gasteiger charge is 2.23. The highest BCUT2D eigenvalue weighted by Crippen LogP contribution is 2.27. The van der Waals surface area contributed by atoms with E-state index in [0.29, 0.717) is 12.0 Å². The first-order valence-corrected chi connectivity index (χ1v) is 7.19. The molecule has 0 fully saturated rings. The van der Waals surface area contributed by atoms with Gasteiger partial charge in [-0.1, -0.05) is 32.0 Å². The Morgan fingerprint density at radius 1 is 1.32 bits per heavy atom. The van der Waals surface area contributed by atoms with E-state index in [2.05, 4.69) is 56.4 Å². The average Bonchev–Trinajstić information content (AvgIpc) is 2.76. The molecule has 2 unspecified atom stereocenters. The molecule has 0 radical (unpaired) electrons. The Morgan fingerprint density at radius 3 is 2.68 bits per heavy atom. The Hall–Kier alpha value is -1.06. The summed E-state index contributed by atoms with van der Waals surface area (Å²) in [7, 11) is 4.25. The van der Waals surface area contributed by atoms with Gasteiger partial charge in [-0.05, 0) is 31.6 Å². The van der Waals surface area contributed by atoms with Gasteiger partial charge in [0.2, 0.25) is 0 Å². The van der Waals surface area contributed by atoms with Crippen LogP contribution in [0.4, 0.5) is 0 Å². The zero-order valence-corrected chi connectivity index (χ0v) is 12.5. The van der Waals surface area contributed by atoms with E-state index < -0.39 is 0 Å². The first-order valence-electron chi connectivity index (χ1n) is 7.19. The topological polar surface area (TPSA) is 24.5 Å². The Balaban J connectivity index is 1.83. The van der Waals surface area contributed by atoms with E-state index in [0.717, 1.165) is 25.3 Å². The van der Waals surface area contributed by atoms with E-state index in [9.17, 15) is 0 Å². The molecule has 1 heterocycles. The minimum atomic E-state index is 0.279. The van der Waals surface area contributed by atoms with Gasteiger partial charge in [-0.15, -0.1) is 0 Å². The van der Waals surface area contributed by atoms with Gasteiger partial charge in [-0.25, -0.2) is 0 Å². The molecule has 1 aromatic carbocycles. The number of para-hydroxylation sites is 1. The maximum Gasteiger partial charge on any atom is 0.123 e. The van der Waals surface area contributed by atoms with Gasteiger partial charge in [-0.3, -0.25) is 0 Å². The Labute approximate surface area is 116 Å². The fourth-order valence-electron chi connectivity index (χ4n) is 2.56. The molecule has 2 atom stereocenters. The number of hydrogen-bond donors (Lipinski definition) is 1. The van der Waals surface area contributed by atoms with Crippen molar-refractivity contribution in [3.05, 3.63) is 29.8 Å². The van der Waals surface area contributed by atoms with E-state index in [4.69, 9.17) is 4.74 Å². The van der Waals surface area contributed by atoms with Crippen molar-refractivity contribution < 1.29 is 4.74 Å². The third kappa shape index (κ3) is 3.95. The summed E-state index contributed by atoms with van der Waals surface area (Å²) in [5.41, 5.74) is 1.34. The molecule has 1 aliphatic heterocycles. The summed E-state index contributed by atoms with van der Waals surface area (Å²) in [5.74, 6) is 1.69. The largest absolute Gasteiger partial charge is 0.488 e. The lowest BCUT2D eigenvalue weighted by molar-refractivity contribution is 0.204. The van der Waals surface area contributed by atoms with Crippen molar-refractivity contribution in [3.63, 3.8) is 0 Å². The number of fused-ring (bicyclic) bond motifs is 1. The molecule has 1 aliphatic rings. The number of likely N-dealkylation sites (N-methyl/N-ethyl adjacent to an activating group) is 1. The Kier molecular flexibility index (Phi) is 4.83. The van der Waals surface area contributed by atoms with Gasteiger partial charge < -0.3 is 15.0 Å². The van der Waals surface area contributed by atoms with Crippen LogP contribution in [0.2, 0.25) is 0 Å². The third-order valence-electron chi connectivity index (χ3n) is 3.69. The van der Waals surface area contributed by atoms with Crippen LogP contribution >= 0.6 is 0 Å². The molecule has 3 heteroatoms. The molecule has 19 heavy (non-hydrogen) atoms. The van der Waals surface area contributed by atoms with Crippen LogP contribution in [0.3, 0.4) is 0 Å². The number of benzene rings is 1. The van der Waals surface area contributed by atoms with Crippen molar-refractivity contribution in [2.45, 2.75) is 32.4 Å². The zero-order chi connectivity index (χ0) is 13.8. The van der Waals surface area contributed by atoms with Crippen LogP contribution in [0.15, 0.2) is 24.3 Å². The van der Waals surface area contributed by atoms with E-state index in [-0.39, 0.29) is 6.10 Å². The van der Waals surface area contributed by atoms with Gasteiger partial charge in [0, 0.05) is 25.6 Å². The second-order valence-corrected chi connectivity index (χ2v) is 6.07. The van der Waals surface area contributed by atoms with Crippen molar-refractivity contribution in [3.8, 4) is 5.75 Å². The number of nitrogens with one attached hydrogen (secondary N) is 1. The van der Waals surface area contributed by atoms with Crippen molar-refractivity contribution in [1.29, 1.82) is 0 Å². The van der Waals surface area contributed by atoms with Crippen molar-refractivity contribution >= 4 is 0 Å². The van der Waals surface area contributed by atoms with E-state index in [1.807, 2.05) is 6.07 Å². The minimum Gasteiger partial charge on any atom is -0.488 e. The first-order chi connectivity index (χ1) is 9.06. The standard InChI is InChI=1S/C16H26N2O/c1-12(2)15(11-18(3)4)17-10-14-9-13-7-5-6-8-16(13)19-14/h5-8,12,14-15,17H,9-11H2,1-4H3. The molecule has 0 aliphatic carbocycles. The predicted molar refractivity (Wildman–Crippen MR) is 79.7 cm³/mol. The monoisotopic (exact) mass is 262 g/mol. The molecule has 0 aromatic heterocycles. The smallest absolute Gasteiger partial charge is 0.123 e. The Bertz CT molecular complexity index is 378. The van der Waals surface area contributed by atoms with Crippen LogP contribution in [0, 0.1) is 5.92 Å². The summed E-state index contributed by atoms with van der Waals surface area (Å²) in [6.45, 7) is 6.53. The fraction of sp³-hybridized carbons (Fsp3) is 0.625. The quantitative estimate of drug-likeness (QED) is 0.850. The fourth-order valence-corrected chi connectivity index (χ4v) is 2.56. The van der Waals surface area contributed by atoms with Gasteiger partial charge in [0.25, 0.3) is 0 Å². The van der Waals surface area contributed by atoms with E-state index in [1.54, 1.807) is 0 Å². The SMILES string of the molecule is CC(C)C(CN(C)C)NCC1Cc2ccccc2O1. The van der Waals surface area contributed by atoms with Gasteiger partial charge >= 0.3 is 0 Å². The molecule has 2 rings (SSSR count). The van der Waals surface area contributed by atoms with Crippen molar-refractivity contribution in [1.82, 2.24) is 10.2 Å². The second-order valence-electron chi connectivity index (χ2n) is 6.07. The molecule has 0 amide bonds. The van der Waals surface area contributed by atoms with Gasteiger partial charge in [-0.2, -0.15) is 0 Å². The van der Waals surface area contributed by atoms with Gasteiger partial charge in [0.15, 0.2) is 0 Å². The lowest BCUT2D eigenvalue weighted by Gasteiger charge is -2.27. The summed E-state index contributed by atoms with van der Waals surface area (Å²) < 4.78 is 5.97. The second kappa shape index (κ2) is 6.40. The van der Waals surface area contributed by atoms with Crippen LogP contribution in [0.1, 0.15) is 19.4 Å². The molecule has 3 nitrogen and oxygen atoms in total. The van der Waals surface area contributed by atoms with E-state index in [1.165, 1.54) is 5.56 Å². The van der Waals surface area contributed by atoms with Crippen molar-refractivity contribution in [2.75, 3.05) is 27.2 Å². The first kappa shape index (κ1) is 14.4. The Morgan fingerprint density at radius 2 is 2.05 bits per heavy atom. The predicted octanol–water partition coefficient (Wildman–Crippen LogP) is 2.17. The lowest BCUT2D eigenvalue weighted by Crippen LogP contribution is -2.45.